The standard InChI is InChI=1S/C14H11F3N6O/c15-14(16,17)7-3-9(5-19-4-7)24-13-10-11(18)20-6-21-12(10)23(22-13)8-1-2-8/h3-6,8H,1-2H2,(H2,18,20,21). The number of alkyl halides is 3. The van der Waals surface area contributed by atoms with Crippen molar-refractivity contribution in [3.8, 4) is 11.6 Å². The van der Waals surface area contributed by atoms with Crippen LogP contribution in [0.25, 0.3) is 11.0 Å². The number of halogens is 3. The first kappa shape index (κ1) is 14.7. The van der Waals surface area contributed by atoms with Gasteiger partial charge in [-0.05, 0) is 18.9 Å². The second kappa shape index (κ2) is 5.05. The normalized spacial score (nSPS) is 15.0. The van der Waals surface area contributed by atoms with E-state index >= 15 is 0 Å². The molecular weight excluding hydrogens is 325 g/mol. The number of pyridine rings is 1. The van der Waals surface area contributed by atoms with Crippen molar-refractivity contribution in [2.75, 3.05) is 5.73 Å². The highest BCUT2D eigenvalue weighted by Crippen LogP contribution is 2.40. The van der Waals surface area contributed by atoms with Crippen LogP contribution in [0.1, 0.15) is 24.4 Å². The van der Waals surface area contributed by atoms with Crippen molar-refractivity contribution in [2.45, 2.75) is 25.1 Å². The first-order chi connectivity index (χ1) is 11.4. The molecule has 124 valence electrons. The van der Waals surface area contributed by atoms with Crippen LogP contribution in [0, 0.1) is 0 Å². The van der Waals surface area contributed by atoms with E-state index in [4.69, 9.17) is 10.5 Å². The van der Waals surface area contributed by atoms with Gasteiger partial charge in [0.05, 0.1) is 17.8 Å². The van der Waals surface area contributed by atoms with Gasteiger partial charge in [0.25, 0.3) is 5.88 Å². The minimum atomic E-state index is -4.51. The van der Waals surface area contributed by atoms with Gasteiger partial charge in [-0.1, -0.05) is 0 Å². The zero-order valence-corrected chi connectivity index (χ0v) is 12.2. The average molecular weight is 336 g/mol. The van der Waals surface area contributed by atoms with Gasteiger partial charge in [0.2, 0.25) is 0 Å². The maximum Gasteiger partial charge on any atom is 0.418 e. The molecule has 0 saturated heterocycles. The Morgan fingerprint density at radius 3 is 2.71 bits per heavy atom. The van der Waals surface area contributed by atoms with Crippen LogP contribution >= 0.6 is 0 Å². The average Bonchev–Trinajstić information content (AvgIpc) is 3.30. The zero-order chi connectivity index (χ0) is 16.9. The predicted molar refractivity (Wildman–Crippen MR) is 77.3 cm³/mol. The molecule has 2 N–H and O–H groups in total. The van der Waals surface area contributed by atoms with E-state index in [9.17, 15) is 13.2 Å². The van der Waals surface area contributed by atoms with Crippen LogP contribution in [0.2, 0.25) is 0 Å². The number of nitrogens with two attached hydrogens (primary N) is 1. The topological polar surface area (TPSA) is 91.7 Å². The molecule has 3 aromatic rings. The number of aromatic nitrogens is 5. The van der Waals surface area contributed by atoms with Gasteiger partial charge < -0.3 is 10.5 Å². The molecule has 4 rings (SSSR count). The van der Waals surface area contributed by atoms with Crippen LogP contribution in [0.15, 0.2) is 24.8 Å². The fourth-order valence-electron chi connectivity index (χ4n) is 2.35. The van der Waals surface area contributed by atoms with Crippen LogP contribution in [-0.2, 0) is 6.18 Å². The molecule has 24 heavy (non-hydrogen) atoms. The summed E-state index contributed by atoms with van der Waals surface area (Å²) in [6.07, 6.45) is 0.608. The highest BCUT2D eigenvalue weighted by atomic mass is 19.4. The lowest BCUT2D eigenvalue weighted by Gasteiger charge is -2.08. The number of hydrogen-bond donors (Lipinski definition) is 1. The highest BCUT2D eigenvalue weighted by molar-refractivity contribution is 5.91. The summed E-state index contributed by atoms with van der Waals surface area (Å²) in [4.78, 5) is 11.6. The molecule has 10 heteroatoms. The first-order valence-corrected chi connectivity index (χ1v) is 7.12. The summed E-state index contributed by atoms with van der Waals surface area (Å²) in [6.45, 7) is 0. The van der Waals surface area contributed by atoms with E-state index in [1.165, 1.54) is 12.5 Å². The van der Waals surface area contributed by atoms with E-state index in [-0.39, 0.29) is 23.5 Å². The lowest BCUT2D eigenvalue weighted by Crippen LogP contribution is -2.05. The molecule has 0 aliphatic heterocycles. The van der Waals surface area contributed by atoms with Crippen molar-refractivity contribution in [1.82, 2.24) is 24.7 Å². The highest BCUT2D eigenvalue weighted by Gasteiger charge is 2.32. The SMILES string of the molecule is Nc1ncnc2c1c(Oc1cncc(C(F)(F)F)c1)nn2C1CC1. The maximum absolute atomic E-state index is 12.8. The van der Waals surface area contributed by atoms with E-state index in [2.05, 4.69) is 20.1 Å². The molecule has 7 nitrogen and oxygen atoms in total. The van der Waals surface area contributed by atoms with Crippen molar-refractivity contribution in [2.24, 2.45) is 0 Å². The number of hydrogen-bond acceptors (Lipinski definition) is 6. The molecule has 1 saturated carbocycles. The molecule has 0 atom stereocenters. The lowest BCUT2D eigenvalue weighted by atomic mass is 10.3. The summed E-state index contributed by atoms with van der Waals surface area (Å²) in [5.74, 6) is 0.133. The Morgan fingerprint density at radius 1 is 1.21 bits per heavy atom. The first-order valence-electron chi connectivity index (χ1n) is 7.12. The van der Waals surface area contributed by atoms with Crippen LogP contribution in [-0.4, -0.2) is 24.7 Å². The molecule has 0 radical (unpaired) electrons. The fraction of sp³-hybridized carbons (Fsp3) is 0.286. The number of rotatable bonds is 3. The van der Waals surface area contributed by atoms with Gasteiger partial charge in [-0.25, -0.2) is 14.6 Å². The van der Waals surface area contributed by atoms with Crippen molar-refractivity contribution in [3.05, 3.63) is 30.4 Å². The Hall–Kier alpha value is -2.91. The Balaban J connectivity index is 1.78. The van der Waals surface area contributed by atoms with Gasteiger partial charge in [0, 0.05) is 6.20 Å². The third-order valence-corrected chi connectivity index (χ3v) is 3.63. The molecule has 1 aliphatic carbocycles. The number of nitrogens with zero attached hydrogens (tertiary/aromatic N) is 5. The number of anilines is 1. The van der Waals surface area contributed by atoms with E-state index < -0.39 is 11.7 Å². The van der Waals surface area contributed by atoms with Crippen LogP contribution in [0.3, 0.4) is 0 Å². The fourth-order valence-corrected chi connectivity index (χ4v) is 2.35. The van der Waals surface area contributed by atoms with Crippen molar-refractivity contribution >= 4 is 16.9 Å². The second-order valence-electron chi connectivity index (χ2n) is 5.45. The van der Waals surface area contributed by atoms with E-state index in [1.807, 2.05) is 0 Å². The van der Waals surface area contributed by atoms with Gasteiger partial charge in [-0.15, -0.1) is 5.10 Å². The van der Waals surface area contributed by atoms with Crippen molar-refractivity contribution in [3.63, 3.8) is 0 Å². The molecule has 1 fully saturated rings. The van der Waals surface area contributed by atoms with Crippen molar-refractivity contribution < 1.29 is 17.9 Å². The van der Waals surface area contributed by atoms with Crippen LogP contribution < -0.4 is 10.5 Å². The summed E-state index contributed by atoms with van der Waals surface area (Å²) >= 11 is 0. The third kappa shape index (κ3) is 2.49. The number of ether oxygens (including phenoxy) is 1. The molecule has 3 aromatic heterocycles. The van der Waals surface area contributed by atoms with Crippen LogP contribution in [0.5, 0.6) is 11.6 Å². The van der Waals surface area contributed by atoms with E-state index in [1.54, 1.807) is 4.68 Å². The number of nitrogen functional groups attached to an aromatic ring is 1. The van der Waals surface area contributed by atoms with Gasteiger partial charge in [0.1, 0.15) is 23.3 Å². The minimum Gasteiger partial charge on any atom is -0.435 e. The molecule has 0 spiro atoms. The maximum atomic E-state index is 12.8. The Bertz CT molecular complexity index is 919. The van der Waals surface area contributed by atoms with Crippen molar-refractivity contribution in [1.29, 1.82) is 0 Å². The van der Waals surface area contributed by atoms with E-state index in [0.717, 1.165) is 25.1 Å². The summed E-state index contributed by atoms with van der Waals surface area (Å²) in [6, 6.07) is 1.05. The van der Waals surface area contributed by atoms with Gasteiger partial charge in [-0.3, -0.25) is 4.98 Å². The molecule has 0 bridgehead atoms. The summed E-state index contributed by atoms with van der Waals surface area (Å²) < 4.78 is 45.5. The second-order valence-corrected chi connectivity index (χ2v) is 5.45. The predicted octanol–water partition coefficient (Wildman–Crippen LogP) is 2.95. The van der Waals surface area contributed by atoms with Gasteiger partial charge in [-0.2, -0.15) is 13.2 Å². The van der Waals surface area contributed by atoms with Crippen LogP contribution in [0.4, 0.5) is 19.0 Å². The summed E-state index contributed by atoms with van der Waals surface area (Å²) in [7, 11) is 0. The van der Waals surface area contributed by atoms with Gasteiger partial charge >= 0.3 is 6.18 Å². The van der Waals surface area contributed by atoms with Gasteiger partial charge in [0.15, 0.2) is 5.65 Å². The smallest absolute Gasteiger partial charge is 0.418 e. The molecule has 0 unspecified atom stereocenters. The molecule has 3 heterocycles. The molecule has 0 aromatic carbocycles. The largest absolute Gasteiger partial charge is 0.435 e. The molecule has 0 amide bonds. The summed E-state index contributed by atoms with van der Waals surface area (Å²) in [5, 5.41) is 4.68. The van der Waals surface area contributed by atoms with E-state index in [0.29, 0.717) is 11.0 Å². The Labute approximate surface area is 133 Å². The quantitative estimate of drug-likeness (QED) is 0.790. The third-order valence-electron chi connectivity index (χ3n) is 3.63. The molecule has 1 aliphatic rings. The summed E-state index contributed by atoms with van der Waals surface area (Å²) in [5.41, 5.74) is 5.46. The zero-order valence-electron chi connectivity index (χ0n) is 12.2. The lowest BCUT2D eigenvalue weighted by molar-refractivity contribution is -0.137. The number of fused-ring (bicyclic) bond motifs is 1. The monoisotopic (exact) mass is 336 g/mol. The minimum absolute atomic E-state index is 0.0659. The molecular formula is C14H11F3N6O. The Morgan fingerprint density at radius 2 is 2.00 bits per heavy atom. The Kier molecular flexibility index (Phi) is 3.08.